The number of piperidine rings is 1. The molecule has 0 bridgehead atoms. The SMILES string of the molecule is O=C(c1cnc(Cc2ccccc2)s1)N1CCCCC1CCO. The normalized spacial score (nSPS) is 18.1. The number of aliphatic hydroxyl groups excluding tert-OH is 1. The molecule has 122 valence electrons. The van der Waals surface area contributed by atoms with Crippen molar-refractivity contribution >= 4 is 17.2 Å². The number of thiazole rings is 1. The topological polar surface area (TPSA) is 53.4 Å². The van der Waals surface area contributed by atoms with Gasteiger partial charge in [0.15, 0.2) is 0 Å². The summed E-state index contributed by atoms with van der Waals surface area (Å²) < 4.78 is 0. The first-order valence-corrected chi connectivity index (χ1v) is 9.00. The Hall–Kier alpha value is -1.72. The standard InChI is InChI=1S/C18H22N2O2S/c21-11-9-15-8-4-5-10-20(15)18(22)16-13-19-17(23-16)12-14-6-2-1-3-7-14/h1-3,6-7,13,15,21H,4-5,8-12H2. The van der Waals surface area contributed by atoms with Gasteiger partial charge in [-0.15, -0.1) is 11.3 Å². The van der Waals surface area contributed by atoms with Crippen molar-refractivity contribution in [1.29, 1.82) is 0 Å². The van der Waals surface area contributed by atoms with Gasteiger partial charge in [0.05, 0.1) is 11.2 Å². The van der Waals surface area contributed by atoms with E-state index in [4.69, 9.17) is 0 Å². The number of amides is 1. The highest BCUT2D eigenvalue weighted by molar-refractivity contribution is 7.13. The van der Waals surface area contributed by atoms with Gasteiger partial charge in [0.25, 0.3) is 5.91 Å². The largest absolute Gasteiger partial charge is 0.396 e. The molecule has 4 nitrogen and oxygen atoms in total. The molecule has 1 aromatic carbocycles. The molecular weight excluding hydrogens is 308 g/mol. The van der Waals surface area contributed by atoms with E-state index in [2.05, 4.69) is 17.1 Å². The van der Waals surface area contributed by atoms with Crippen LogP contribution in [0.25, 0.3) is 0 Å². The van der Waals surface area contributed by atoms with Crippen molar-refractivity contribution in [2.24, 2.45) is 0 Å². The Kier molecular flexibility index (Phi) is 5.41. The van der Waals surface area contributed by atoms with Crippen LogP contribution in [0.2, 0.25) is 0 Å². The van der Waals surface area contributed by atoms with Crippen LogP contribution >= 0.6 is 11.3 Å². The van der Waals surface area contributed by atoms with Crippen LogP contribution in [0, 0.1) is 0 Å². The molecular formula is C18H22N2O2S. The van der Waals surface area contributed by atoms with Gasteiger partial charge in [-0.25, -0.2) is 4.98 Å². The fourth-order valence-corrected chi connectivity index (χ4v) is 4.03. The second-order valence-corrected chi connectivity index (χ2v) is 7.06. The zero-order valence-corrected chi connectivity index (χ0v) is 14.0. The quantitative estimate of drug-likeness (QED) is 0.916. The minimum Gasteiger partial charge on any atom is -0.396 e. The van der Waals surface area contributed by atoms with Crippen LogP contribution < -0.4 is 0 Å². The first kappa shape index (κ1) is 16.1. The summed E-state index contributed by atoms with van der Waals surface area (Å²) >= 11 is 1.48. The Morgan fingerprint density at radius 2 is 2.13 bits per heavy atom. The molecule has 1 aliphatic heterocycles. The Balaban J connectivity index is 1.70. The van der Waals surface area contributed by atoms with Crippen molar-refractivity contribution in [3.8, 4) is 0 Å². The van der Waals surface area contributed by atoms with Gasteiger partial charge < -0.3 is 10.0 Å². The molecule has 1 aromatic heterocycles. The molecule has 1 aliphatic rings. The molecule has 2 heterocycles. The predicted molar refractivity (Wildman–Crippen MR) is 91.7 cm³/mol. The lowest BCUT2D eigenvalue weighted by Gasteiger charge is -2.35. The van der Waals surface area contributed by atoms with Crippen LogP contribution in [0.15, 0.2) is 36.5 Å². The lowest BCUT2D eigenvalue weighted by atomic mass is 9.99. The monoisotopic (exact) mass is 330 g/mol. The van der Waals surface area contributed by atoms with E-state index in [-0.39, 0.29) is 18.6 Å². The van der Waals surface area contributed by atoms with Crippen molar-refractivity contribution in [3.05, 3.63) is 52.0 Å². The van der Waals surface area contributed by atoms with Gasteiger partial charge in [0, 0.05) is 25.6 Å². The second-order valence-electron chi connectivity index (χ2n) is 5.94. The van der Waals surface area contributed by atoms with E-state index < -0.39 is 0 Å². The first-order valence-electron chi connectivity index (χ1n) is 8.18. The number of carbonyl (C=O) groups is 1. The number of likely N-dealkylation sites (tertiary alicyclic amines) is 1. The van der Waals surface area contributed by atoms with Gasteiger partial charge in [-0.2, -0.15) is 0 Å². The molecule has 23 heavy (non-hydrogen) atoms. The van der Waals surface area contributed by atoms with E-state index in [1.165, 1.54) is 16.9 Å². The molecule has 1 saturated heterocycles. The molecule has 2 aromatic rings. The number of hydrogen-bond acceptors (Lipinski definition) is 4. The van der Waals surface area contributed by atoms with Crippen LogP contribution in [0.3, 0.4) is 0 Å². The number of aliphatic hydroxyl groups is 1. The average molecular weight is 330 g/mol. The summed E-state index contributed by atoms with van der Waals surface area (Å²) in [5.41, 5.74) is 1.21. The Morgan fingerprint density at radius 3 is 2.91 bits per heavy atom. The number of benzene rings is 1. The molecule has 1 unspecified atom stereocenters. The number of aromatic nitrogens is 1. The molecule has 0 radical (unpaired) electrons. The maximum absolute atomic E-state index is 12.8. The van der Waals surface area contributed by atoms with Crippen molar-refractivity contribution in [2.75, 3.05) is 13.2 Å². The Labute approximate surface area is 140 Å². The van der Waals surface area contributed by atoms with E-state index in [0.29, 0.717) is 11.3 Å². The maximum atomic E-state index is 12.8. The Morgan fingerprint density at radius 1 is 1.30 bits per heavy atom. The lowest BCUT2D eigenvalue weighted by Crippen LogP contribution is -2.43. The molecule has 1 fully saturated rings. The summed E-state index contributed by atoms with van der Waals surface area (Å²) in [5, 5.41) is 10.2. The predicted octanol–water partition coefficient (Wildman–Crippen LogP) is 3.11. The first-order chi connectivity index (χ1) is 11.3. The van der Waals surface area contributed by atoms with Gasteiger partial charge in [0.2, 0.25) is 0 Å². The van der Waals surface area contributed by atoms with Crippen molar-refractivity contribution in [1.82, 2.24) is 9.88 Å². The molecule has 1 amide bonds. The zero-order chi connectivity index (χ0) is 16.1. The highest BCUT2D eigenvalue weighted by Gasteiger charge is 2.28. The fraction of sp³-hybridized carbons (Fsp3) is 0.444. The fourth-order valence-electron chi connectivity index (χ4n) is 3.12. The molecule has 0 aliphatic carbocycles. The highest BCUT2D eigenvalue weighted by atomic mass is 32.1. The summed E-state index contributed by atoms with van der Waals surface area (Å²) in [6.07, 6.45) is 6.30. The van der Waals surface area contributed by atoms with Crippen LogP contribution in [0.5, 0.6) is 0 Å². The highest BCUT2D eigenvalue weighted by Crippen LogP contribution is 2.24. The van der Waals surface area contributed by atoms with E-state index in [1.54, 1.807) is 6.20 Å². The summed E-state index contributed by atoms with van der Waals surface area (Å²) in [7, 11) is 0. The number of nitrogens with zero attached hydrogens (tertiary/aromatic N) is 2. The third-order valence-electron chi connectivity index (χ3n) is 4.31. The summed E-state index contributed by atoms with van der Waals surface area (Å²) in [4.78, 5) is 19.8. The van der Waals surface area contributed by atoms with Crippen molar-refractivity contribution in [2.45, 2.75) is 38.1 Å². The van der Waals surface area contributed by atoms with Crippen LogP contribution in [0.1, 0.15) is 45.9 Å². The molecule has 0 saturated carbocycles. The van der Waals surface area contributed by atoms with E-state index in [9.17, 15) is 9.90 Å². The Bertz CT molecular complexity index is 639. The van der Waals surface area contributed by atoms with Gasteiger partial charge in [-0.05, 0) is 31.2 Å². The van der Waals surface area contributed by atoms with E-state index in [1.807, 2.05) is 23.1 Å². The van der Waals surface area contributed by atoms with Gasteiger partial charge in [0.1, 0.15) is 4.88 Å². The smallest absolute Gasteiger partial charge is 0.265 e. The zero-order valence-electron chi connectivity index (χ0n) is 13.1. The van der Waals surface area contributed by atoms with Crippen LogP contribution in [-0.2, 0) is 6.42 Å². The number of hydrogen-bond donors (Lipinski definition) is 1. The summed E-state index contributed by atoms with van der Waals surface area (Å²) in [5.74, 6) is 0.0694. The minimum atomic E-state index is 0.0694. The van der Waals surface area contributed by atoms with E-state index in [0.717, 1.165) is 37.2 Å². The molecule has 5 heteroatoms. The third kappa shape index (κ3) is 3.98. The molecule has 0 spiro atoms. The number of rotatable bonds is 5. The summed E-state index contributed by atoms with van der Waals surface area (Å²) in [6, 6.07) is 10.3. The van der Waals surface area contributed by atoms with Gasteiger partial charge >= 0.3 is 0 Å². The average Bonchev–Trinajstić information content (AvgIpc) is 3.04. The van der Waals surface area contributed by atoms with Crippen LogP contribution in [-0.4, -0.2) is 40.1 Å². The van der Waals surface area contributed by atoms with Crippen molar-refractivity contribution in [3.63, 3.8) is 0 Å². The maximum Gasteiger partial charge on any atom is 0.265 e. The minimum absolute atomic E-state index is 0.0694. The van der Waals surface area contributed by atoms with Gasteiger partial charge in [-0.3, -0.25) is 4.79 Å². The van der Waals surface area contributed by atoms with Crippen LogP contribution in [0.4, 0.5) is 0 Å². The van der Waals surface area contributed by atoms with Crippen molar-refractivity contribution < 1.29 is 9.90 Å². The van der Waals surface area contributed by atoms with Gasteiger partial charge in [-0.1, -0.05) is 30.3 Å². The lowest BCUT2D eigenvalue weighted by molar-refractivity contribution is 0.0579. The second kappa shape index (κ2) is 7.70. The summed E-state index contributed by atoms with van der Waals surface area (Å²) in [6.45, 7) is 0.922. The molecule has 1 N–H and O–H groups in total. The van der Waals surface area contributed by atoms with E-state index >= 15 is 0 Å². The third-order valence-corrected chi connectivity index (χ3v) is 5.30. The number of carbonyl (C=O) groups excluding carboxylic acids is 1. The molecule has 3 rings (SSSR count). The molecule has 1 atom stereocenters.